The molecule has 0 atom stereocenters. The first-order chi connectivity index (χ1) is 6.63. The Kier molecular flexibility index (Phi) is 6.13. The van der Waals surface area contributed by atoms with Gasteiger partial charge >= 0.3 is 11.9 Å². The molecule has 0 saturated carbocycles. The van der Waals surface area contributed by atoms with Crippen molar-refractivity contribution < 1.29 is 19.8 Å². The lowest BCUT2D eigenvalue weighted by atomic mass is 10.5. The predicted octanol–water partition coefficient (Wildman–Crippen LogP) is -0.417. The van der Waals surface area contributed by atoms with Gasteiger partial charge in [-0.2, -0.15) is 0 Å². The van der Waals surface area contributed by atoms with Crippen molar-refractivity contribution in [3.8, 4) is 0 Å². The molecule has 1 aromatic rings. The fourth-order valence-electron chi connectivity index (χ4n) is 0.347. The van der Waals surface area contributed by atoms with Crippen LogP contribution in [0.2, 0.25) is 0 Å². The summed E-state index contributed by atoms with van der Waals surface area (Å²) >= 11 is 0. The third-order valence-corrected chi connectivity index (χ3v) is 0.777. The third kappa shape index (κ3) is 9.69. The van der Waals surface area contributed by atoms with E-state index in [0.29, 0.717) is 12.2 Å². The molecule has 14 heavy (non-hydrogen) atoms. The molecule has 0 bridgehead atoms. The fraction of sp³-hybridized carbons (Fsp3) is 0. The van der Waals surface area contributed by atoms with E-state index in [1.807, 2.05) is 0 Å². The Morgan fingerprint density at radius 2 is 1.43 bits per heavy atom. The molecule has 0 spiro atoms. The van der Waals surface area contributed by atoms with Crippen molar-refractivity contribution in [2.24, 2.45) is 0 Å². The molecule has 7 nitrogen and oxygen atoms in total. The van der Waals surface area contributed by atoms with Crippen molar-refractivity contribution in [3.05, 3.63) is 30.6 Å². The number of carboxylic acids is 2. The van der Waals surface area contributed by atoms with E-state index >= 15 is 0 Å². The number of aliphatic carboxylic acids is 2. The van der Waals surface area contributed by atoms with Crippen molar-refractivity contribution in [2.75, 3.05) is 0 Å². The van der Waals surface area contributed by atoms with Crippen LogP contribution in [0.4, 0.5) is 0 Å². The Hall–Kier alpha value is -2.31. The first kappa shape index (κ1) is 11.7. The van der Waals surface area contributed by atoms with Crippen LogP contribution < -0.4 is 0 Å². The van der Waals surface area contributed by atoms with Gasteiger partial charge in [-0.15, -0.1) is 10.2 Å². The summed E-state index contributed by atoms with van der Waals surface area (Å²) < 4.78 is 0. The molecule has 1 aromatic heterocycles. The van der Waals surface area contributed by atoms with Crippen LogP contribution in [0.3, 0.4) is 0 Å². The predicted molar refractivity (Wildman–Crippen MR) is 44.2 cm³/mol. The van der Waals surface area contributed by atoms with Crippen molar-refractivity contribution in [2.45, 2.75) is 0 Å². The molecule has 1 rings (SSSR count). The zero-order valence-corrected chi connectivity index (χ0v) is 6.94. The molecule has 0 aliphatic carbocycles. The highest BCUT2D eigenvalue weighted by molar-refractivity contribution is 5.89. The van der Waals surface area contributed by atoms with Crippen molar-refractivity contribution in [3.63, 3.8) is 0 Å². The summed E-state index contributed by atoms with van der Waals surface area (Å²) in [6.45, 7) is 0. The Bertz CT molecular complexity index is 269. The van der Waals surface area contributed by atoms with Gasteiger partial charge in [-0.3, -0.25) is 0 Å². The third-order valence-electron chi connectivity index (χ3n) is 0.777. The van der Waals surface area contributed by atoms with Crippen LogP contribution in [0.1, 0.15) is 0 Å². The highest BCUT2D eigenvalue weighted by atomic mass is 16.4. The van der Waals surface area contributed by atoms with E-state index in [0.717, 1.165) is 0 Å². The number of carboxylic acid groups (broad SMARTS) is 2. The first-order valence-corrected chi connectivity index (χ1v) is 3.35. The highest BCUT2D eigenvalue weighted by Crippen LogP contribution is 1.70. The van der Waals surface area contributed by atoms with Crippen LogP contribution in [0.25, 0.3) is 0 Å². The average molecular weight is 197 g/mol. The normalized spacial score (nSPS) is 8.86. The summed E-state index contributed by atoms with van der Waals surface area (Å²) in [6.07, 6.45) is 4.27. The highest BCUT2D eigenvalue weighted by Gasteiger charge is 1.88. The van der Waals surface area contributed by atoms with Crippen LogP contribution in [-0.4, -0.2) is 37.6 Å². The van der Waals surface area contributed by atoms with E-state index < -0.39 is 11.9 Å². The van der Waals surface area contributed by atoms with Gasteiger partial charge in [0, 0.05) is 12.2 Å². The molecule has 0 aliphatic rings. The minimum Gasteiger partial charge on any atom is -0.478 e. The molecule has 1 heterocycles. The number of rotatable bonds is 2. The Labute approximate surface area is 78.7 Å². The minimum absolute atomic E-state index is 0.558. The molecule has 0 aromatic carbocycles. The SMILES string of the molecule is O=C(O)/C=C\C(=O)O.c1cnnnc1. The summed E-state index contributed by atoms with van der Waals surface area (Å²) in [4.78, 5) is 19.1. The maximum atomic E-state index is 9.55. The summed E-state index contributed by atoms with van der Waals surface area (Å²) in [7, 11) is 0. The summed E-state index contributed by atoms with van der Waals surface area (Å²) in [6, 6.07) is 1.72. The van der Waals surface area contributed by atoms with E-state index in [9.17, 15) is 9.59 Å². The fourth-order valence-corrected chi connectivity index (χ4v) is 0.347. The smallest absolute Gasteiger partial charge is 0.328 e. The minimum atomic E-state index is -1.26. The lowest BCUT2D eigenvalue weighted by Crippen LogP contribution is -1.91. The maximum absolute atomic E-state index is 9.55. The number of hydrogen-bond acceptors (Lipinski definition) is 5. The van der Waals surface area contributed by atoms with E-state index in [2.05, 4.69) is 15.4 Å². The zero-order valence-electron chi connectivity index (χ0n) is 6.94. The number of hydrogen-bond donors (Lipinski definition) is 2. The van der Waals surface area contributed by atoms with Gasteiger partial charge in [0.25, 0.3) is 0 Å². The van der Waals surface area contributed by atoms with Crippen LogP contribution >= 0.6 is 0 Å². The van der Waals surface area contributed by atoms with E-state index in [-0.39, 0.29) is 0 Å². The van der Waals surface area contributed by atoms with Crippen molar-refractivity contribution >= 4 is 11.9 Å². The van der Waals surface area contributed by atoms with Gasteiger partial charge in [0.15, 0.2) is 0 Å². The monoisotopic (exact) mass is 197 g/mol. The number of nitrogens with zero attached hydrogens (tertiary/aromatic N) is 3. The second-order valence-electron chi connectivity index (χ2n) is 1.82. The molecule has 0 saturated heterocycles. The molecule has 0 unspecified atom stereocenters. The van der Waals surface area contributed by atoms with Gasteiger partial charge < -0.3 is 10.2 Å². The van der Waals surface area contributed by atoms with Crippen LogP contribution in [0, 0.1) is 0 Å². The van der Waals surface area contributed by atoms with Gasteiger partial charge in [0.1, 0.15) is 0 Å². The molecular formula is C7H7N3O4. The second kappa shape index (κ2) is 7.35. The van der Waals surface area contributed by atoms with Gasteiger partial charge in [-0.25, -0.2) is 9.59 Å². The molecule has 2 N–H and O–H groups in total. The molecule has 0 aliphatic heterocycles. The van der Waals surface area contributed by atoms with Crippen LogP contribution in [0.5, 0.6) is 0 Å². The van der Waals surface area contributed by atoms with Gasteiger partial charge in [-0.1, -0.05) is 0 Å². The largest absolute Gasteiger partial charge is 0.478 e. The molecule has 7 heteroatoms. The standard InChI is InChI=1S/C4H4O4.C3H3N3/c5-3(6)1-2-4(7)8;1-2-4-6-5-3-1/h1-2H,(H,5,6)(H,7,8);1-3H/b2-1-;. The lowest BCUT2D eigenvalue weighted by molar-refractivity contribution is -0.134. The van der Waals surface area contributed by atoms with Gasteiger partial charge in [-0.05, 0) is 11.3 Å². The van der Waals surface area contributed by atoms with Crippen molar-refractivity contribution in [1.82, 2.24) is 15.4 Å². The van der Waals surface area contributed by atoms with Gasteiger partial charge in [0.05, 0.1) is 12.4 Å². The summed E-state index contributed by atoms with van der Waals surface area (Å²) in [5.41, 5.74) is 0. The lowest BCUT2D eigenvalue weighted by Gasteiger charge is -1.74. The molecule has 0 radical (unpaired) electrons. The molecule has 0 fully saturated rings. The topological polar surface area (TPSA) is 113 Å². The van der Waals surface area contributed by atoms with E-state index in [1.165, 1.54) is 0 Å². The van der Waals surface area contributed by atoms with Crippen LogP contribution in [-0.2, 0) is 9.59 Å². The Balaban J connectivity index is 0.000000249. The quantitative estimate of drug-likeness (QED) is 0.619. The summed E-state index contributed by atoms with van der Waals surface area (Å²) in [5.74, 6) is -2.51. The second-order valence-corrected chi connectivity index (χ2v) is 1.82. The first-order valence-electron chi connectivity index (χ1n) is 3.35. The average Bonchev–Trinajstić information content (AvgIpc) is 2.18. The van der Waals surface area contributed by atoms with Crippen LogP contribution in [0.15, 0.2) is 30.6 Å². The zero-order chi connectivity index (χ0) is 10.8. The van der Waals surface area contributed by atoms with Gasteiger partial charge in [0.2, 0.25) is 0 Å². The Morgan fingerprint density at radius 3 is 1.57 bits per heavy atom. The summed E-state index contributed by atoms with van der Waals surface area (Å²) in [5, 5.41) is 25.8. The van der Waals surface area contributed by atoms with E-state index in [1.54, 1.807) is 18.5 Å². The van der Waals surface area contributed by atoms with E-state index in [4.69, 9.17) is 10.2 Å². The Morgan fingerprint density at radius 1 is 1.00 bits per heavy atom. The molecular weight excluding hydrogens is 190 g/mol. The maximum Gasteiger partial charge on any atom is 0.328 e. The number of aromatic nitrogens is 3. The molecule has 74 valence electrons. The number of carbonyl (C=O) groups is 2. The molecule has 0 amide bonds. The van der Waals surface area contributed by atoms with Crippen molar-refractivity contribution in [1.29, 1.82) is 0 Å².